The van der Waals surface area contributed by atoms with E-state index in [4.69, 9.17) is 11.6 Å². The zero-order valence-corrected chi connectivity index (χ0v) is 15.4. The first kappa shape index (κ1) is 18.0. The number of hydrogen-bond donors (Lipinski definition) is 1. The molecule has 132 valence electrons. The van der Waals surface area contributed by atoms with E-state index in [1.165, 1.54) is 35.6 Å². The second-order valence-electron chi connectivity index (χ2n) is 6.08. The third-order valence-corrected chi connectivity index (χ3v) is 5.40. The van der Waals surface area contributed by atoms with Crippen LogP contribution < -0.4 is 10.9 Å². The molecule has 0 saturated heterocycles. The molecule has 5 nitrogen and oxygen atoms in total. The van der Waals surface area contributed by atoms with Crippen LogP contribution in [0.3, 0.4) is 0 Å². The first-order valence-electron chi connectivity index (χ1n) is 8.39. The number of rotatable bonds is 5. The molecule has 2 aromatic rings. The van der Waals surface area contributed by atoms with Gasteiger partial charge in [0.1, 0.15) is 0 Å². The number of thioether (sulfide) groups is 1. The van der Waals surface area contributed by atoms with Crippen LogP contribution in [0.15, 0.2) is 46.5 Å². The maximum atomic E-state index is 12.6. The molecule has 0 bridgehead atoms. The van der Waals surface area contributed by atoms with Gasteiger partial charge in [0.05, 0.1) is 11.4 Å². The molecule has 1 aliphatic rings. The monoisotopic (exact) mass is 377 g/mol. The number of benzene rings is 1. The van der Waals surface area contributed by atoms with Crippen LogP contribution in [0.25, 0.3) is 5.69 Å². The van der Waals surface area contributed by atoms with Crippen molar-refractivity contribution >= 4 is 29.3 Å². The summed E-state index contributed by atoms with van der Waals surface area (Å²) in [6.07, 6.45) is 8.83. The molecule has 7 heteroatoms. The molecule has 1 aliphatic carbocycles. The predicted molar refractivity (Wildman–Crippen MR) is 101 cm³/mol. The lowest BCUT2D eigenvalue weighted by atomic mass is 9.95. The highest BCUT2D eigenvalue weighted by molar-refractivity contribution is 7.99. The molecule has 1 heterocycles. The lowest BCUT2D eigenvalue weighted by Crippen LogP contribution is -2.37. The van der Waals surface area contributed by atoms with Gasteiger partial charge in [0.25, 0.3) is 5.56 Å². The molecule has 25 heavy (non-hydrogen) atoms. The minimum atomic E-state index is -0.250. The van der Waals surface area contributed by atoms with Gasteiger partial charge < -0.3 is 5.32 Å². The molecular formula is C18H20ClN3O2S. The van der Waals surface area contributed by atoms with E-state index in [1.54, 1.807) is 36.7 Å². The quantitative estimate of drug-likeness (QED) is 0.811. The van der Waals surface area contributed by atoms with Gasteiger partial charge >= 0.3 is 0 Å². The van der Waals surface area contributed by atoms with Gasteiger partial charge in [0.2, 0.25) is 5.91 Å². The van der Waals surface area contributed by atoms with E-state index < -0.39 is 0 Å². The van der Waals surface area contributed by atoms with Gasteiger partial charge in [-0.15, -0.1) is 0 Å². The summed E-state index contributed by atoms with van der Waals surface area (Å²) in [6.45, 7) is 0. The Labute approximate surface area is 155 Å². The smallest absolute Gasteiger partial charge is 0.287 e. The minimum absolute atomic E-state index is 0.0451. The van der Waals surface area contributed by atoms with Crippen LogP contribution in [0.1, 0.15) is 32.1 Å². The van der Waals surface area contributed by atoms with Crippen LogP contribution in [0.4, 0.5) is 0 Å². The van der Waals surface area contributed by atoms with Crippen LogP contribution in [0, 0.1) is 0 Å². The van der Waals surface area contributed by atoms with E-state index in [1.807, 2.05) is 0 Å². The Morgan fingerprint density at radius 2 is 2.12 bits per heavy atom. The van der Waals surface area contributed by atoms with Crippen molar-refractivity contribution in [2.24, 2.45) is 0 Å². The van der Waals surface area contributed by atoms with E-state index in [2.05, 4.69) is 10.3 Å². The Morgan fingerprint density at radius 3 is 2.88 bits per heavy atom. The highest BCUT2D eigenvalue weighted by Crippen LogP contribution is 2.18. The van der Waals surface area contributed by atoms with Crippen LogP contribution in [-0.4, -0.2) is 27.3 Å². The summed E-state index contributed by atoms with van der Waals surface area (Å²) in [5, 5.41) is 3.91. The van der Waals surface area contributed by atoms with Gasteiger partial charge in [-0.3, -0.25) is 14.2 Å². The zero-order valence-electron chi connectivity index (χ0n) is 13.8. The minimum Gasteiger partial charge on any atom is -0.353 e. The molecule has 0 aliphatic heterocycles. The second kappa shape index (κ2) is 8.54. The standard InChI is InChI=1S/C18H20ClN3O2S/c19-13-5-4-8-15(11-13)22-10-9-20-17(18(22)24)25-12-16(23)21-14-6-2-1-3-7-14/h4-5,8-11,14H,1-3,6-7,12H2,(H,21,23). The fourth-order valence-corrected chi connectivity index (χ4v) is 3.87. The molecule has 1 aromatic heterocycles. The molecule has 0 unspecified atom stereocenters. The summed E-state index contributed by atoms with van der Waals surface area (Å²) >= 11 is 7.16. The van der Waals surface area contributed by atoms with Gasteiger partial charge in [-0.1, -0.05) is 48.7 Å². The van der Waals surface area contributed by atoms with Crippen LogP contribution in [-0.2, 0) is 4.79 Å². The van der Waals surface area contributed by atoms with Crippen molar-refractivity contribution in [2.75, 3.05) is 5.75 Å². The molecule has 1 saturated carbocycles. The fourth-order valence-electron chi connectivity index (χ4n) is 2.97. The molecule has 3 rings (SSSR count). The fraction of sp³-hybridized carbons (Fsp3) is 0.389. The molecule has 0 atom stereocenters. The highest BCUT2D eigenvalue weighted by Gasteiger charge is 2.16. The number of nitrogens with zero attached hydrogens (tertiary/aromatic N) is 2. The summed E-state index contributed by atoms with van der Waals surface area (Å²) < 4.78 is 1.49. The van der Waals surface area contributed by atoms with Crippen LogP contribution in [0.5, 0.6) is 0 Å². The summed E-state index contributed by atoms with van der Waals surface area (Å²) in [5.74, 6) is 0.148. The Balaban J connectivity index is 1.66. The van der Waals surface area contributed by atoms with Crippen molar-refractivity contribution in [1.29, 1.82) is 0 Å². The zero-order chi connectivity index (χ0) is 17.6. The number of amides is 1. The van der Waals surface area contributed by atoms with Crippen molar-refractivity contribution in [2.45, 2.75) is 43.2 Å². The molecule has 1 fully saturated rings. The number of nitrogens with one attached hydrogen (secondary N) is 1. The Morgan fingerprint density at radius 1 is 1.32 bits per heavy atom. The molecule has 1 amide bonds. The maximum absolute atomic E-state index is 12.6. The molecule has 1 N–H and O–H groups in total. The average Bonchev–Trinajstić information content (AvgIpc) is 2.62. The number of hydrogen-bond acceptors (Lipinski definition) is 4. The van der Waals surface area contributed by atoms with E-state index in [-0.39, 0.29) is 23.3 Å². The summed E-state index contributed by atoms with van der Waals surface area (Å²) in [6, 6.07) is 7.33. The number of aromatic nitrogens is 2. The van der Waals surface area contributed by atoms with E-state index in [0.717, 1.165) is 12.8 Å². The van der Waals surface area contributed by atoms with Crippen molar-refractivity contribution in [3.8, 4) is 5.69 Å². The molecular weight excluding hydrogens is 358 g/mol. The summed E-state index contributed by atoms with van der Waals surface area (Å²) in [4.78, 5) is 28.8. The molecule has 0 spiro atoms. The van der Waals surface area contributed by atoms with Gasteiger partial charge in [-0.25, -0.2) is 4.98 Å². The Hall–Kier alpha value is -1.79. The highest BCUT2D eigenvalue weighted by atomic mass is 35.5. The maximum Gasteiger partial charge on any atom is 0.287 e. The summed E-state index contributed by atoms with van der Waals surface area (Å²) in [7, 11) is 0. The average molecular weight is 378 g/mol. The van der Waals surface area contributed by atoms with Gasteiger partial charge in [0, 0.05) is 23.5 Å². The van der Waals surface area contributed by atoms with E-state index in [9.17, 15) is 9.59 Å². The largest absolute Gasteiger partial charge is 0.353 e. The van der Waals surface area contributed by atoms with Gasteiger partial charge in [-0.2, -0.15) is 0 Å². The first-order chi connectivity index (χ1) is 12.1. The van der Waals surface area contributed by atoms with Gasteiger partial charge in [-0.05, 0) is 31.0 Å². The van der Waals surface area contributed by atoms with Crippen molar-refractivity contribution in [3.63, 3.8) is 0 Å². The van der Waals surface area contributed by atoms with Crippen molar-refractivity contribution in [3.05, 3.63) is 52.0 Å². The third kappa shape index (κ3) is 4.86. The molecule has 1 aromatic carbocycles. The number of halogens is 1. The van der Waals surface area contributed by atoms with Crippen LogP contribution >= 0.6 is 23.4 Å². The normalized spacial score (nSPS) is 15.1. The topological polar surface area (TPSA) is 64.0 Å². The van der Waals surface area contributed by atoms with Crippen molar-refractivity contribution < 1.29 is 4.79 Å². The lowest BCUT2D eigenvalue weighted by molar-refractivity contribution is -0.119. The van der Waals surface area contributed by atoms with E-state index in [0.29, 0.717) is 15.7 Å². The number of carbonyl (C=O) groups excluding carboxylic acids is 1. The van der Waals surface area contributed by atoms with E-state index >= 15 is 0 Å². The lowest BCUT2D eigenvalue weighted by Gasteiger charge is -2.22. The summed E-state index contributed by atoms with van der Waals surface area (Å²) in [5.41, 5.74) is 0.425. The molecule has 0 radical (unpaired) electrons. The van der Waals surface area contributed by atoms with Crippen molar-refractivity contribution in [1.82, 2.24) is 14.9 Å². The Kier molecular flexibility index (Phi) is 6.15. The second-order valence-corrected chi connectivity index (χ2v) is 7.48. The number of carbonyl (C=O) groups is 1. The van der Waals surface area contributed by atoms with Crippen LogP contribution in [0.2, 0.25) is 5.02 Å². The Bertz CT molecular complexity index is 803. The van der Waals surface area contributed by atoms with Gasteiger partial charge in [0.15, 0.2) is 5.03 Å². The predicted octanol–water partition coefficient (Wildman–Crippen LogP) is 3.43. The third-order valence-electron chi connectivity index (χ3n) is 4.21. The SMILES string of the molecule is O=C(CSc1nccn(-c2cccc(Cl)c2)c1=O)NC1CCCCC1. The first-order valence-corrected chi connectivity index (χ1v) is 9.75.